The average Bonchev–Trinajstić information content (AvgIpc) is 3.27. The molecule has 0 saturated carbocycles. The second-order valence-corrected chi connectivity index (χ2v) is 8.92. The van der Waals surface area contributed by atoms with Gasteiger partial charge in [0, 0.05) is 36.2 Å². The Hall–Kier alpha value is -2.47. The fourth-order valence-corrected chi connectivity index (χ4v) is 5.69. The topological polar surface area (TPSA) is 46.5 Å². The molecule has 0 radical (unpaired) electrons. The normalized spacial score (nSPS) is 22.9. The summed E-state index contributed by atoms with van der Waals surface area (Å²) in [5.74, 6) is 0.109. The molecule has 0 aliphatic carbocycles. The number of nitrogens with zero attached hydrogens (tertiary/aromatic N) is 2. The highest BCUT2D eigenvalue weighted by Crippen LogP contribution is 2.50. The predicted octanol–water partition coefficient (Wildman–Crippen LogP) is 3.62. The molecule has 4 heterocycles. The molecule has 5 nitrogen and oxygen atoms in total. The van der Waals surface area contributed by atoms with E-state index in [0.29, 0.717) is 0 Å². The lowest BCUT2D eigenvalue weighted by Gasteiger charge is -2.34. The summed E-state index contributed by atoms with van der Waals surface area (Å²) in [5, 5.41) is 4.49. The minimum atomic E-state index is -0.526. The van der Waals surface area contributed by atoms with Crippen molar-refractivity contribution in [1.29, 1.82) is 0 Å². The van der Waals surface area contributed by atoms with Crippen LogP contribution in [0.4, 0.5) is 0 Å². The maximum atomic E-state index is 14.1. The van der Waals surface area contributed by atoms with E-state index in [1.165, 1.54) is 5.56 Å². The Balaban J connectivity index is 1.50. The number of carbonyl (C=O) groups excluding carboxylic acids is 1. The van der Waals surface area contributed by atoms with Crippen molar-refractivity contribution in [1.82, 2.24) is 14.8 Å². The molecular weight excluding hydrogens is 374 g/mol. The van der Waals surface area contributed by atoms with Gasteiger partial charge in [-0.15, -0.1) is 0 Å². The first-order valence-electron chi connectivity index (χ1n) is 11.0. The molecule has 1 spiro atoms. The highest BCUT2D eigenvalue weighted by Gasteiger charge is 2.48. The van der Waals surface area contributed by atoms with Crippen molar-refractivity contribution >= 4 is 16.7 Å². The van der Waals surface area contributed by atoms with Gasteiger partial charge >= 0.3 is 0 Å². The number of likely N-dealkylation sites (N-methyl/N-ethyl adjacent to an activating group) is 1. The Morgan fingerprint density at radius 1 is 1.07 bits per heavy atom. The van der Waals surface area contributed by atoms with E-state index in [4.69, 9.17) is 4.74 Å². The van der Waals surface area contributed by atoms with Gasteiger partial charge in [0.25, 0.3) is 0 Å². The molecule has 1 fully saturated rings. The van der Waals surface area contributed by atoms with Crippen LogP contribution in [0.5, 0.6) is 0 Å². The van der Waals surface area contributed by atoms with Crippen LogP contribution < -0.4 is 5.32 Å². The molecule has 1 atom stereocenters. The Kier molecular flexibility index (Phi) is 4.13. The third-order valence-corrected chi connectivity index (χ3v) is 7.18. The first-order chi connectivity index (χ1) is 14.7. The third-order valence-electron chi connectivity index (χ3n) is 7.18. The zero-order chi connectivity index (χ0) is 20.3. The van der Waals surface area contributed by atoms with E-state index in [0.717, 1.165) is 73.3 Å². The Labute approximate surface area is 176 Å². The number of piperidine rings is 1. The number of para-hydroxylation sites is 1. The number of hydrogen-bond acceptors (Lipinski definition) is 4. The summed E-state index contributed by atoms with van der Waals surface area (Å²) in [6.07, 6.45) is 1.29. The zero-order valence-corrected chi connectivity index (χ0v) is 17.4. The summed E-state index contributed by atoms with van der Waals surface area (Å²) < 4.78 is 9.04. The van der Waals surface area contributed by atoms with Crippen molar-refractivity contribution in [2.45, 2.75) is 37.6 Å². The van der Waals surface area contributed by atoms with Gasteiger partial charge in [0.15, 0.2) is 5.78 Å². The van der Waals surface area contributed by atoms with Crippen LogP contribution in [0.2, 0.25) is 0 Å². The molecule has 0 amide bonds. The Morgan fingerprint density at radius 3 is 2.70 bits per heavy atom. The summed E-state index contributed by atoms with van der Waals surface area (Å²) in [4.78, 5) is 16.4. The van der Waals surface area contributed by atoms with E-state index >= 15 is 0 Å². The molecule has 0 unspecified atom stereocenters. The van der Waals surface area contributed by atoms with E-state index in [1.807, 2.05) is 12.1 Å². The van der Waals surface area contributed by atoms with Gasteiger partial charge < -0.3 is 14.6 Å². The standard InChI is InChI=1S/C25H27N3O2/c1-27-14-15-28-20-9-5-3-7-18(20)22(21(28)16-27)23(29)24-17-6-2-4-8-19(17)25(30-24)10-12-26-13-11-25/h2-9,24,26H,10-16H2,1H3/t24-/m1/s1. The molecule has 2 aromatic carbocycles. The van der Waals surface area contributed by atoms with Gasteiger partial charge in [-0.25, -0.2) is 0 Å². The highest BCUT2D eigenvalue weighted by atomic mass is 16.5. The van der Waals surface area contributed by atoms with Crippen LogP contribution in [0.3, 0.4) is 0 Å². The van der Waals surface area contributed by atoms with Crippen LogP contribution in [0, 0.1) is 0 Å². The maximum Gasteiger partial charge on any atom is 0.198 e. The van der Waals surface area contributed by atoms with Crippen molar-refractivity contribution in [3.05, 3.63) is 70.9 Å². The van der Waals surface area contributed by atoms with Crippen molar-refractivity contribution in [3.8, 4) is 0 Å². The van der Waals surface area contributed by atoms with Crippen LogP contribution in [0.25, 0.3) is 10.9 Å². The van der Waals surface area contributed by atoms with Gasteiger partial charge in [0.2, 0.25) is 0 Å². The lowest BCUT2D eigenvalue weighted by molar-refractivity contribution is -0.0806. The number of aromatic nitrogens is 1. The molecule has 5 heteroatoms. The number of carbonyl (C=O) groups is 1. The fourth-order valence-electron chi connectivity index (χ4n) is 5.69. The summed E-state index contributed by atoms with van der Waals surface area (Å²) in [5.41, 5.74) is 5.06. The summed E-state index contributed by atoms with van der Waals surface area (Å²) in [6.45, 7) is 4.55. The number of ether oxygens (including phenoxy) is 1. The van der Waals surface area contributed by atoms with Crippen molar-refractivity contribution in [3.63, 3.8) is 0 Å². The predicted molar refractivity (Wildman–Crippen MR) is 117 cm³/mol. The smallest absolute Gasteiger partial charge is 0.198 e. The number of ketones is 1. The Morgan fingerprint density at radius 2 is 1.83 bits per heavy atom. The van der Waals surface area contributed by atoms with Crippen molar-refractivity contribution in [2.24, 2.45) is 0 Å². The van der Waals surface area contributed by atoms with E-state index in [-0.39, 0.29) is 11.4 Å². The molecule has 3 aliphatic rings. The molecule has 1 aromatic heterocycles. The average molecular weight is 402 g/mol. The minimum absolute atomic E-state index is 0.109. The van der Waals surface area contributed by atoms with Crippen LogP contribution in [0.1, 0.15) is 46.1 Å². The Bertz CT molecular complexity index is 1140. The van der Waals surface area contributed by atoms with Crippen LogP contribution in [-0.2, 0) is 23.4 Å². The number of nitrogens with one attached hydrogen (secondary N) is 1. The van der Waals surface area contributed by atoms with Gasteiger partial charge in [-0.05, 0) is 50.2 Å². The number of benzene rings is 2. The summed E-state index contributed by atoms with van der Waals surface area (Å²) in [7, 11) is 2.13. The lowest BCUT2D eigenvalue weighted by Crippen LogP contribution is -2.40. The molecule has 30 heavy (non-hydrogen) atoms. The van der Waals surface area contributed by atoms with Gasteiger partial charge in [-0.1, -0.05) is 42.5 Å². The maximum absolute atomic E-state index is 14.1. The molecule has 6 rings (SSSR count). The number of Topliss-reactive ketones (excluding diaryl/α,β-unsaturated/α-hetero) is 1. The molecule has 3 aliphatic heterocycles. The van der Waals surface area contributed by atoms with Gasteiger partial charge in [0.1, 0.15) is 6.10 Å². The quantitative estimate of drug-likeness (QED) is 0.667. The van der Waals surface area contributed by atoms with Gasteiger partial charge in [0.05, 0.1) is 11.2 Å². The van der Waals surface area contributed by atoms with Crippen molar-refractivity contribution < 1.29 is 9.53 Å². The van der Waals surface area contributed by atoms with Gasteiger partial charge in [-0.3, -0.25) is 9.69 Å². The van der Waals surface area contributed by atoms with Crippen LogP contribution in [0.15, 0.2) is 48.5 Å². The first kappa shape index (κ1) is 18.3. The van der Waals surface area contributed by atoms with E-state index in [2.05, 4.69) is 58.2 Å². The zero-order valence-electron chi connectivity index (χ0n) is 17.4. The molecule has 1 saturated heterocycles. The van der Waals surface area contributed by atoms with E-state index < -0.39 is 6.10 Å². The van der Waals surface area contributed by atoms with Crippen LogP contribution >= 0.6 is 0 Å². The highest BCUT2D eigenvalue weighted by molar-refractivity contribution is 6.12. The van der Waals surface area contributed by atoms with Gasteiger partial charge in [-0.2, -0.15) is 0 Å². The molecule has 0 bridgehead atoms. The number of hydrogen-bond donors (Lipinski definition) is 1. The van der Waals surface area contributed by atoms with E-state index in [1.54, 1.807) is 0 Å². The SMILES string of the molecule is CN1CCn2c(c(C(=O)[C@@H]3OC4(CCNCC4)c4ccccc43)c3ccccc32)C1. The molecule has 1 N–H and O–H groups in total. The number of fused-ring (bicyclic) bond motifs is 5. The van der Waals surface area contributed by atoms with Crippen molar-refractivity contribution in [2.75, 3.05) is 26.7 Å². The monoisotopic (exact) mass is 401 g/mol. The second kappa shape index (κ2) is 6.77. The lowest BCUT2D eigenvalue weighted by atomic mass is 9.83. The van der Waals surface area contributed by atoms with Crippen LogP contribution in [-0.4, -0.2) is 41.9 Å². The fraction of sp³-hybridized carbons (Fsp3) is 0.400. The summed E-state index contributed by atoms with van der Waals surface area (Å²) in [6, 6.07) is 16.7. The number of rotatable bonds is 2. The first-order valence-corrected chi connectivity index (χ1v) is 11.0. The largest absolute Gasteiger partial charge is 0.354 e. The molecule has 154 valence electrons. The van der Waals surface area contributed by atoms with E-state index in [9.17, 15) is 4.79 Å². The minimum Gasteiger partial charge on any atom is -0.354 e. The summed E-state index contributed by atoms with van der Waals surface area (Å²) >= 11 is 0. The second-order valence-electron chi connectivity index (χ2n) is 8.92. The molecule has 3 aromatic rings. The third kappa shape index (κ3) is 2.56. The molecular formula is C25H27N3O2.